The zero-order valence-corrected chi connectivity index (χ0v) is 17.4. The number of rotatable bonds is 4. The number of amides is 1. The molecule has 152 valence electrons. The summed E-state index contributed by atoms with van der Waals surface area (Å²) in [6.07, 6.45) is 0.995. The van der Waals surface area contributed by atoms with Crippen LogP contribution < -0.4 is 10.9 Å². The van der Waals surface area contributed by atoms with Gasteiger partial charge in [-0.15, -0.1) is 0 Å². The second-order valence-corrected chi connectivity index (χ2v) is 8.65. The van der Waals surface area contributed by atoms with Crippen LogP contribution in [0.25, 0.3) is 5.65 Å². The first kappa shape index (κ1) is 20.5. The molecule has 0 saturated carbocycles. The largest absolute Gasteiger partial charge is 0.350 e. The van der Waals surface area contributed by atoms with Gasteiger partial charge in [0.25, 0.3) is 5.56 Å². The van der Waals surface area contributed by atoms with E-state index in [0.717, 1.165) is 44.0 Å². The molecule has 3 heterocycles. The summed E-state index contributed by atoms with van der Waals surface area (Å²) in [5.41, 5.74) is 2.14. The molecule has 0 bridgehead atoms. The molecule has 0 unspecified atom stereocenters. The molecule has 3 rings (SSSR count). The maximum Gasteiger partial charge on any atom is 0.258 e. The second-order valence-electron chi connectivity index (χ2n) is 8.65. The Morgan fingerprint density at radius 3 is 2.61 bits per heavy atom. The molecule has 2 aromatic heterocycles. The molecular formula is C21H31N5O2. The molecule has 0 radical (unpaired) electrons. The summed E-state index contributed by atoms with van der Waals surface area (Å²) in [7, 11) is 0. The normalized spacial score (nSPS) is 16.9. The van der Waals surface area contributed by atoms with E-state index in [2.05, 4.69) is 20.1 Å². The number of hydrogen-bond donors (Lipinski definition) is 1. The zero-order chi connectivity index (χ0) is 20.3. The average molecular weight is 386 g/mol. The van der Waals surface area contributed by atoms with Crippen LogP contribution in [-0.4, -0.2) is 63.4 Å². The summed E-state index contributed by atoms with van der Waals surface area (Å²) >= 11 is 0. The number of hydrogen-bond acceptors (Lipinski definition) is 5. The monoisotopic (exact) mass is 385 g/mol. The van der Waals surface area contributed by atoms with Gasteiger partial charge in [0, 0.05) is 36.9 Å². The molecule has 2 aromatic rings. The van der Waals surface area contributed by atoms with E-state index in [1.54, 1.807) is 10.5 Å². The van der Waals surface area contributed by atoms with Crippen molar-refractivity contribution in [2.45, 2.75) is 46.2 Å². The molecule has 1 N–H and O–H groups in total. The second kappa shape index (κ2) is 8.41. The highest BCUT2D eigenvalue weighted by molar-refractivity contribution is 5.78. The first-order valence-corrected chi connectivity index (χ1v) is 9.95. The lowest BCUT2D eigenvalue weighted by molar-refractivity contribution is -0.123. The van der Waals surface area contributed by atoms with Gasteiger partial charge in [-0.2, -0.15) is 0 Å². The third kappa shape index (κ3) is 5.39. The summed E-state index contributed by atoms with van der Waals surface area (Å²) in [6.45, 7) is 12.5. The highest BCUT2D eigenvalue weighted by Gasteiger charge is 2.20. The fourth-order valence-corrected chi connectivity index (χ4v) is 3.68. The summed E-state index contributed by atoms with van der Waals surface area (Å²) < 4.78 is 1.64. The summed E-state index contributed by atoms with van der Waals surface area (Å²) in [5.74, 6) is 0.0699. The van der Waals surface area contributed by atoms with E-state index in [-0.39, 0.29) is 17.0 Å². The lowest BCUT2D eigenvalue weighted by Crippen LogP contribution is -2.46. The molecule has 7 nitrogen and oxygen atoms in total. The van der Waals surface area contributed by atoms with E-state index < -0.39 is 0 Å². The van der Waals surface area contributed by atoms with E-state index in [9.17, 15) is 9.59 Å². The van der Waals surface area contributed by atoms with Crippen molar-refractivity contribution in [1.29, 1.82) is 0 Å². The van der Waals surface area contributed by atoms with Crippen LogP contribution in [0.4, 0.5) is 0 Å². The van der Waals surface area contributed by atoms with Crippen molar-refractivity contribution in [3.8, 4) is 0 Å². The molecule has 1 amide bonds. The van der Waals surface area contributed by atoms with E-state index in [1.165, 1.54) is 0 Å². The molecule has 0 spiro atoms. The van der Waals surface area contributed by atoms with Crippen molar-refractivity contribution < 1.29 is 4.79 Å². The van der Waals surface area contributed by atoms with Crippen LogP contribution in [0.5, 0.6) is 0 Å². The number of aromatic nitrogens is 2. The van der Waals surface area contributed by atoms with E-state index in [0.29, 0.717) is 18.7 Å². The van der Waals surface area contributed by atoms with Crippen LogP contribution >= 0.6 is 0 Å². The average Bonchev–Trinajstić information content (AvgIpc) is 2.78. The first-order valence-electron chi connectivity index (χ1n) is 9.95. The molecule has 0 aromatic carbocycles. The van der Waals surface area contributed by atoms with Crippen molar-refractivity contribution in [2.24, 2.45) is 0 Å². The predicted molar refractivity (Wildman–Crippen MR) is 110 cm³/mol. The minimum atomic E-state index is -0.205. The Bertz CT molecular complexity index is 900. The zero-order valence-electron chi connectivity index (χ0n) is 17.4. The third-order valence-corrected chi connectivity index (χ3v) is 4.88. The number of aryl methyl sites for hydroxylation is 1. The van der Waals surface area contributed by atoms with E-state index in [4.69, 9.17) is 0 Å². The van der Waals surface area contributed by atoms with Crippen LogP contribution in [0.2, 0.25) is 0 Å². The predicted octanol–water partition coefficient (Wildman–Crippen LogP) is 1.43. The summed E-state index contributed by atoms with van der Waals surface area (Å²) in [6, 6.07) is 7.34. The van der Waals surface area contributed by atoms with Gasteiger partial charge < -0.3 is 5.32 Å². The van der Waals surface area contributed by atoms with Gasteiger partial charge in [-0.25, -0.2) is 4.98 Å². The molecule has 0 atom stereocenters. The highest BCUT2D eigenvalue weighted by atomic mass is 16.2. The Morgan fingerprint density at radius 2 is 1.86 bits per heavy atom. The van der Waals surface area contributed by atoms with Gasteiger partial charge in [0.15, 0.2) is 0 Å². The SMILES string of the molecule is Cc1cccc2nc(CN3CCCN(CC(=O)NC(C)(C)C)CC3)cc(=O)n12. The minimum Gasteiger partial charge on any atom is -0.350 e. The molecule has 1 aliphatic rings. The van der Waals surface area contributed by atoms with Gasteiger partial charge in [-0.1, -0.05) is 6.07 Å². The third-order valence-electron chi connectivity index (χ3n) is 4.88. The maximum atomic E-state index is 12.5. The quantitative estimate of drug-likeness (QED) is 0.862. The van der Waals surface area contributed by atoms with Crippen molar-refractivity contribution in [1.82, 2.24) is 24.5 Å². The van der Waals surface area contributed by atoms with Crippen LogP contribution in [0.1, 0.15) is 38.6 Å². The smallest absolute Gasteiger partial charge is 0.258 e. The van der Waals surface area contributed by atoms with Gasteiger partial charge in [-0.05, 0) is 59.3 Å². The lowest BCUT2D eigenvalue weighted by Gasteiger charge is -2.25. The summed E-state index contributed by atoms with van der Waals surface area (Å²) in [4.78, 5) is 33.8. The molecule has 7 heteroatoms. The molecule has 0 aliphatic carbocycles. The van der Waals surface area contributed by atoms with Crippen molar-refractivity contribution >= 4 is 11.6 Å². The van der Waals surface area contributed by atoms with Crippen LogP contribution in [0.3, 0.4) is 0 Å². The van der Waals surface area contributed by atoms with Crippen LogP contribution in [-0.2, 0) is 11.3 Å². The molecule has 1 saturated heterocycles. The Morgan fingerprint density at radius 1 is 1.14 bits per heavy atom. The fraction of sp³-hybridized carbons (Fsp3) is 0.571. The number of fused-ring (bicyclic) bond motifs is 1. The van der Waals surface area contributed by atoms with Gasteiger partial charge in [0.2, 0.25) is 5.91 Å². The van der Waals surface area contributed by atoms with Crippen LogP contribution in [0, 0.1) is 6.92 Å². The lowest BCUT2D eigenvalue weighted by atomic mass is 10.1. The van der Waals surface area contributed by atoms with Crippen molar-refractivity contribution in [3.63, 3.8) is 0 Å². The molecular weight excluding hydrogens is 354 g/mol. The van der Waals surface area contributed by atoms with Crippen molar-refractivity contribution in [3.05, 3.63) is 46.0 Å². The topological polar surface area (TPSA) is 70.0 Å². The minimum absolute atomic E-state index is 0.0339. The van der Waals surface area contributed by atoms with Crippen LogP contribution in [0.15, 0.2) is 29.1 Å². The number of nitrogens with zero attached hydrogens (tertiary/aromatic N) is 4. The highest BCUT2D eigenvalue weighted by Crippen LogP contribution is 2.09. The number of nitrogens with one attached hydrogen (secondary N) is 1. The van der Waals surface area contributed by atoms with Crippen molar-refractivity contribution in [2.75, 3.05) is 32.7 Å². The summed E-state index contributed by atoms with van der Waals surface area (Å²) in [5, 5.41) is 3.02. The first-order chi connectivity index (χ1) is 13.2. The fourth-order valence-electron chi connectivity index (χ4n) is 3.68. The Balaban J connectivity index is 1.61. The number of pyridine rings is 1. The van der Waals surface area contributed by atoms with E-state index >= 15 is 0 Å². The number of carbonyl (C=O) groups excluding carboxylic acids is 1. The Labute approximate surface area is 166 Å². The van der Waals surface area contributed by atoms with Gasteiger partial charge in [-0.3, -0.25) is 23.8 Å². The Kier molecular flexibility index (Phi) is 6.15. The molecule has 1 aliphatic heterocycles. The van der Waals surface area contributed by atoms with Gasteiger partial charge in [0.05, 0.1) is 12.2 Å². The van der Waals surface area contributed by atoms with Gasteiger partial charge in [0.1, 0.15) is 5.65 Å². The standard InChI is InChI=1S/C21H31N5O2/c1-16-7-5-8-18-22-17(13-20(28)26(16)18)14-24-9-6-10-25(12-11-24)15-19(27)23-21(2,3)4/h5,7-8,13H,6,9-12,14-15H2,1-4H3,(H,23,27). The molecule has 28 heavy (non-hydrogen) atoms. The maximum absolute atomic E-state index is 12.5. The molecule has 1 fully saturated rings. The number of carbonyl (C=O) groups is 1. The van der Waals surface area contributed by atoms with E-state index in [1.807, 2.05) is 45.9 Å². The Hall–Kier alpha value is -2.25. The van der Waals surface area contributed by atoms with Gasteiger partial charge >= 0.3 is 0 Å².